The first-order valence-electron chi connectivity index (χ1n) is 7.83. The van der Waals surface area contributed by atoms with Crippen molar-refractivity contribution in [2.75, 3.05) is 32.7 Å². The van der Waals surface area contributed by atoms with Crippen LogP contribution in [0.25, 0.3) is 0 Å². The summed E-state index contributed by atoms with van der Waals surface area (Å²) in [6, 6.07) is 0.847. The second-order valence-electron chi connectivity index (χ2n) is 6.31. The van der Waals surface area contributed by atoms with Gasteiger partial charge in [0.2, 0.25) is 0 Å². The van der Waals surface area contributed by atoms with Crippen LogP contribution in [0.4, 0.5) is 0 Å². The van der Waals surface area contributed by atoms with E-state index in [1.807, 2.05) is 0 Å². The maximum Gasteiger partial charge on any atom is 0.0664 e. The van der Waals surface area contributed by atoms with E-state index in [1.54, 1.807) is 0 Å². The Kier molecular flexibility index (Phi) is 5.46. The number of nitrogens with zero attached hydrogens (tertiary/aromatic N) is 2. The van der Waals surface area contributed by atoms with E-state index < -0.39 is 0 Å². The molecule has 1 aliphatic heterocycles. The Balaban J connectivity index is 1.70. The maximum atomic E-state index is 9.70. The van der Waals surface area contributed by atoms with E-state index in [9.17, 15) is 5.11 Å². The van der Waals surface area contributed by atoms with Gasteiger partial charge in [0.1, 0.15) is 0 Å². The number of aliphatic hydroxyl groups excluding tert-OH is 1. The summed E-state index contributed by atoms with van der Waals surface area (Å²) < 4.78 is 0. The van der Waals surface area contributed by atoms with E-state index in [2.05, 4.69) is 23.6 Å². The molecule has 0 aromatic carbocycles. The van der Waals surface area contributed by atoms with Crippen molar-refractivity contribution >= 4 is 0 Å². The monoisotopic (exact) mass is 254 g/mol. The molecule has 0 spiro atoms. The number of piperazine rings is 1. The van der Waals surface area contributed by atoms with Gasteiger partial charge in [-0.2, -0.15) is 0 Å². The summed E-state index contributed by atoms with van der Waals surface area (Å²) in [5, 5.41) is 9.70. The zero-order valence-electron chi connectivity index (χ0n) is 12.1. The smallest absolute Gasteiger partial charge is 0.0664 e. The Morgan fingerprint density at radius 2 is 1.67 bits per heavy atom. The summed E-state index contributed by atoms with van der Waals surface area (Å²) in [7, 11) is 0. The Bertz CT molecular complexity index is 231. The highest BCUT2D eigenvalue weighted by Crippen LogP contribution is 2.27. The molecule has 0 aromatic heterocycles. The largest absolute Gasteiger partial charge is 0.392 e. The van der Waals surface area contributed by atoms with Gasteiger partial charge in [0.25, 0.3) is 0 Å². The molecule has 1 atom stereocenters. The van der Waals surface area contributed by atoms with Crippen molar-refractivity contribution in [2.24, 2.45) is 5.92 Å². The number of hydrogen-bond donors (Lipinski definition) is 1. The molecular weight excluding hydrogens is 224 g/mol. The average Bonchev–Trinajstić information content (AvgIpc) is 2.40. The summed E-state index contributed by atoms with van der Waals surface area (Å²) in [6.45, 7) is 10.0. The molecule has 1 N–H and O–H groups in total. The molecule has 2 fully saturated rings. The van der Waals surface area contributed by atoms with Crippen LogP contribution in [-0.2, 0) is 0 Å². The minimum atomic E-state index is -0.132. The van der Waals surface area contributed by atoms with E-state index in [-0.39, 0.29) is 6.10 Å². The molecule has 2 aliphatic rings. The number of β-amino-alcohol motifs (C(OH)–C–C–N with tert-alkyl or cyclic N) is 1. The highest BCUT2D eigenvalue weighted by atomic mass is 16.3. The van der Waals surface area contributed by atoms with Crippen LogP contribution in [0.2, 0.25) is 0 Å². The Morgan fingerprint density at radius 3 is 2.22 bits per heavy atom. The molecule has 0 aromatic rings. The molecule has 0 bridgehead atoms. The number of rotatable bonds is 4. The maximum absolute atomic E-state index is 9.70. The lowest BCUT2D eigenvalue weighted by Gasteiger charge is -2.42. The van der Waals surface area contributed by atoms with E-state index in [0.717, 1.165) is 38.0 Å². The van der Waals surface area contributed by atoms with E-state index in [0.29, 0.717) is 0 Å². The van der Waals surface area contributed by atoms with Crippen molar-refractivity contribution < 1.29 is 5.11 Å². The second-order valence-corrected chi connectivity index (χ2v) is 6.31. The van der Waals surface area contributed by atoms with Crippen molar-refractivity contribution in [3.05, 3.63) is 0 Å². The van der Waals surface area contributed by atoms with Gasteiger partial charge in [-0.3, -0.25) is 9.80 Å². The first kappa shape index (κ1) is 14.3. The van der Waals surface area contributed by atoms with Crippen LogP contribution in [0.1, 0.15) is 46.0 Å². The summed E-state index contributed by atoms with van der Waals surface area (Å²) in [5.41, 5.74) is 0. The first-order chi connectivity index (χ1) is 8.69. The van der Waals surface area contributed by atoms with E-state index in [4.69, 9.17) is 0 Å². The second kappa shape index (κ2) is 6.88. The zero-order chi connectivity index (χ0) is 13.0. The molecular formula is C15H30N2O. The molecule has 1 saturated heterocycles. The molecule has 3 nitrogen and oxygen atoms in total. The van der Waals surface area contributed by atoms with Crippen molar-refractivity contribution in [1.82, 2.24) is 9.80 Å². The zero-order valence-corrected chi connectivity index (χ0v) is 12.1. The molecule has 0 amide bonds. The molecule has 0 unspecified atom stereocenters. The van der Waals surface area contributed by atoms with Crippen LogP contribution in [0, 0.1) is 5.92 Å². The molecule has 3 heteroatoms. The summed E-state index contributed by atoms with van der Waals surface area (Å²) in [5.74, 6) is 0.947. The quantitative estimate of drug-likeness (QED) is 0.831. The molecule has 1 aliphatic carbocycles. The van der Waals surface area contributed by atoms with Gasteiger partial charge < -0.3 is 5.11 Å². The fourth-order valence-electron chi connectivity index (χ4n) is 3.35. The highest BCUT2D eigenvalue weighted by molar-refractivity contribution is 4.82. The van der Waals surface area contributed by atoms with Gasteiger partial charge in [-0.1, -0.05) is 13.8 Å². The van der Waals surface area contributed by atoms with Gasteiger partial charge in [-0.15, -0.1) is 0 Å². The van der Waals surface area contributed by atoms with E-state index in [1.165, 1.54) is 38.8 Å². The van der Waals surface area contributed by atoms with Crippen molar-refractivity contribution in [3.8, 4) is 0 Å². The van der Waals surface area contributed by atoms with Gasteiger partial charge >= 0.3 is 0 Å². The van der Waals surface area contributed by atoms with Gasteiger partial charge in [-0.25, -0.2) is 0 Å². The van der Waals surface area contributed by atoms with Crippen LogP contribution in [0.5, 0.6) is 0 Å². The number of aliphatic hydroxyl groups is 1. The normalized spacial score (nSPS) is 33.5. The molecule has 18 heavy (non-hydrogen) atoms. The van der Waals surface area contributed by atoms with Crippen molar-refractivity contribution in [1.29, 1.82) is 0 Å². The SMILES string of the molecule is CC[C@H](O)CN1CCN(C2CCC(C)CC2)CC1. The fourth-order valence-corrected chi connectivity index (χ4v) is 3.35. The van der Waals surface area contributed by atoms with Gasteiger partial charge in [0.05, 0.1) is 6.10 Å². The van der Waals surface area contributed by atoms with Crippen molar-refractivity contribution in [3.63, 3.8) is 0 Å². The molecule has 2 rings (SSSR count). The lowest BCUT2D eigenvalue weighted by Crippen LogP contribution is -2.52. The molecule has 0 radical (unpaired) electrons. The standard InChI is InChI=1S/C15H30N2O/c1-3-15(18)12-16-8-10-17(11-9-16)14-6-4-13(2)5-7-14/h13-15,18H,3-12H2,1-2H3/t13?,14?,15-/m0/s1. The fraction of sp³-hybridized carbons (Fsp3) is 1.00. The summed E-state index contributed by atoms with van der Waals surface area (Å²) >= 11 is 0. The highest BCUT2D eigenvalue weighted by Gasteiger charge is 2.27. The molecule has 1 heterocycles. The topological polar surface area (TPSA) is 26.7 Å². The van der Waals surface area contributed by atoms with Crippen LogP contribution in [0.15, 0.2) is 0 Å². The van der Waals surface area contributed by atoms with E-state index >= 15 is 0 Å². The van der Waals surface area contributed by atoms with Gasteiger partial charge in [0, 0.05) is 38.8 Å². The third kappa shape index (κ3) is 3.94. The Hall–Kier alpha value is -0.120. The minimum absolute atomic E-state index is 0.132. The lowest BCUT2D eigenvalue weighted by molar-refractivity contribution is 0.0433. The summed E-state index contributed by atoms with van der Waals surface area (Å²) in [4.78, 5) is 5.12. The minimum Gasteiger partial charge on any atom is -0.392 e. The van der Waals surface area contributed by atoms with Crippen LogP contribution < -0.4 is 0 Å². The molecule has 1 saturated carbocycles. The summed E-state index contributed by atoms with van der Waals surface area (Å²) in [6.07, 6.45) is 6.38. The van der Waals surface area contributed by atoms with Crippen LogP contribution >= 0.6 is 0 Å². The average molecular weight is 254 g/mol. The first-order valence-corrected chi connectivity index (χ1v) is 7.83. The Labute approximate surface area is 112 Å². The Morgan fingerprint density at radius 1 is 1.06 bits per heavy atom. The van der Waals surface area contributed by atoms with Crippen molar-refractivity contribution in [2.45, 2.75) is 58.1 Å². The van der Waals surface area contributed by atoms with Crippen LogP contribution in [-0.4, -0.2) is 59.8 Å². The predicted molar refractivity (Wildman–Crippen MR) is 75.7 cm³/mol. The third-order valence-electron chi connectivity index (χ3n) is 4.85. The predicted octanol–water partition coefficient (Wildman–Crippen LogP) is 1.95. The van der Waals surface area contributed by atoms with Gasteiger partial charge in [0.15, 0.2) is 0 Å². The number of hydrogen-bond acceptors (Lipinski definition) is 3. The third-order valence-corrected chi connectivity index (χ3v) is 4.85. The lowest BCUT2D eigenvalue weighted by atomic mass is 9.86. The van der Waals surface area contributed by atoms with Gasteiger partial charge in [-0.05, 0) is 38.0 Å². The van der Waals surface area contributed by atoms with Crippen LogP contribution in [0.3, 0.4) is 0 Å². The molecule has 106 valence electrons.